The van der Waals surface area contributed by atoms with E-state index in [9.17, 15) is 8.78 Å². The standard InChI is InChI=1S/C16H17F2NO/c1-20-16-4-2-3-13(9-16)11-19-6-5-12-7-14(17)10-15(18)8-12/h2-4,7-10,19H,5-6,11H2,1H3. The van der Waals surface area contributed by atoms with E-state index in [1.165, 1.54) is 12.1 Å². The van der Waals surface area contributed by atoms with Gasteiger partial charge in [-0.15, -0.1) is 0 Å². The van der Waals surface area contributed by atoms with Crippen LogP contribution >= 0.6 is 0 Å². The van der Waals surface area contributed by atoms with E-state index in [0.29, 0.717) is 25.1 Å². The van der Waals surface area contributed by atoms with Crippen molar-refractivity contribution < 1.29 is 13.5 Å². The van der Waals surface area contributed by atoms with E-state index in [-0.39, 0.29) is 0 Å². The maximum absolute atomic E-state index is 13.0. The van der Waals surface area contributed by atoms with Gasteiger partial charge in [-0.3, -0.25) is 0 Å². The summed E-state index contributed by atoms with van der Waals surface area (Å²) in [5, 5.41) is 3.24. The Hall–Kier alpha value is -1.94. The van der Waals surface area contributed by atoms with Crippen molar-refractivity contribution in [3.63, 3.8) is 0 Å². The summed E-state index contributed by atoms with van der Waals surface area (Å²) in [7, 11) is 1.63. The van der Waals surface area contributed by atoms with Crippen molar-refractivity contribution in [2.45, 2.75) is 13.0 Å². The molecule has 2 aromatic carbocycles. The maximum atomic E-state index is 13.0. The molecule has 2 aromatic rings. The highest BCUT2D eigenvalue weighted by atomic mass is 19.1. The third kappa shape index (κ3) is 4.31. The summed E-state index contributed by atoms with van der Waals surface area (Å²) in [5.41, 5.74) is 1.76. The predicted octanol–water partition coefficient (Wildman–Crippen LogP) is 3.31. The zero-order chi connectivity index (χ0) is 14.4. The quantitative estimate of drug-likeness (QED) is 0.818. The predicted molar refractivity (Wildman–Crippen MR) is 74.8 cm³/mol. The topological polar surface area (TPSA) is 21.3 Å². The molecule has 0 saturated carbocycles. The third-order valence-electron chi connectivity index (χ3n) is 2.98. The number of halogens is 2. The molecule has 0 heterocycles. The molecule has 2 rings (SSSR count). The number of hydrogen-bond acceptors (Lipinski definition) is 2. The molecule has 106 valence electrons. The first kappa shape index (κ1) is 14.5. The number of nitrogens with one attached hydrogen (secondary N) is 1. The summed E-state index contributed by atoms with van der Waals surface area (Å²) < 4.78 is 31.2. The molecule has 0 bridgehead atoms. The average molecular weight is 277 g/mol. The zero-order valence-electron chi connectivity index (χ0n) is 11.3. The van der Waals surface area contributed by atoms with Crippen LogP contribution in [0.3, 0.4) is 0 Å². The first-order chi connectivity index (χ1) is 9.67. The SMILES string of the molecule is COc1cccc(CNCCc2cc(F)cc(F)c2)c1. The van der Waals surface area contributed by atoms with Gasteiger partial charge in [-0.25, -0.2) is 8.78 Å². The van der Waals surface area contributed by atoms with Gasteiger partial charge < -0.3 is 10.1 Å². The van der Waals surface area contributed by atoms with Crippen molar-refractivity contribution in [3.05, 3.63) is 65.2 Å². The Kier molecular flexibility index (Phi) is 5.07. The molecule has 0 aliphatic carbocycles. The van der Waals surface area contributed by atoms with Crippen LogP contribution in [-0.4, -0.2) is 13.7 Å². The van der Waals surface area contributed by atoms with Crippen molar-refractivity contribution in [1.29, 1.82) is 0 Å². The molecule has 0 fully saturated rings. The zero-order valence-corrected chi connectivity index (χ0v) is 11.3. The molecule has 0 atom stereocenters. The van der Waals surface area contributed by atoms with Gasteiger partial charge in [0.2, 0.25) is 0 Å². The Morgan fingerprint density at radius 2 is 1.75 bits per heavy atom. The smallest absolute Gasteiger partial charge is 0.126 e. The van der Waals surface area contributed by atoms with Gasteiger partial charge in [0.25, 0.3) is 0 Å². The molecular weight excluding hydrogens is 260 g/mol. The number of ether oxygens (including phenoxy) is 1. The Morgan fingerprint density at radius 1 is 1.00 bits per heavy atom. The van der Waals surface area contributed by atoms with Gasteiger partial charge >= 0.3 is 0 Å². The van der Waals surface area contributed by atoms with E-state index in [1.54, 1.807) is 7.11 Å². The molecule has 0 aliphatic heterocycles. The molecule has 0 aliphatic rings. The van der Waals surface area contributed by atoms with Crippen LogP contribution < -0.4 is 10.1 Å². The molecule has 0 unspecified atom stereocenters. The fraction of sp³-hybridized carbons (Fsp3) is 0.250. The first-order valence-electron chi connectivity index (χ1n) is 6.46. The molecule has 2 nitrogen and oxygen atoms in total. The molecule has 4 heteroatoms. The lowest BCUT2D eigenvalue weighted by Gasteiger charge is -2.07. The number of hydrogen-bond donors (Lipinski definition) is 1. The molecule has 1 N–H and O–H groups in total. The monoisotopic (exact) mass is 277 g/mol. The first-order valence-corrected chi connectivity index (χ1v) is 6.46. The fourth-order valence-electron chi connectivity index (χ4n) is 2.00. The highest BCUT2D eigenvalue weighted by Gasteiger charge is 2.01. The average Bonchev–Trinajstić information content (AvgIpc) is 2.43. The van der Waals surface area contributed by atoms with Crippen LogP contribution in [0.1, 0.15) is 11.1 Å². The highest BCUT2D eigenvalue weighted by Crippen LogP contribution is 2.12. The third-order valence-corrected chi connectivity index (χ3v) is 2.98. The Labute approximate surface area is 117 Å². The second-order valence-electron chi connectivity index (χ2n) is 4.56. The second kappa shape index (κ2) is 7.01. The molecular formula is C16H17F2NO. The van der Waals surface area contributed by atoms with Crippen LogP contribution in [0.2, 0.25) is 0 Å². The Bertz CT molecular complexity index is 552. The van der Waals surface area contributed by atoms with Crippen LogP contribution in [0.5, 0.6) is 5.75 Å². The molecule has 0 aromatic heterocycles. The van der Waals surface area contributed by atoms with Crippen molar-refractivity contribution >= 4 is 0 Å². The van der Waals surface area contributed by atoms with E-state index in [2.05, 4.69) is 5.32 Å². The molecule has 0 radical (unpaired) electrons. The van der Waals surface area contributed by atoms with Crippen LogP contribution in [0.25, 0.3) is 0 Å². The van der Waals surface area contributed by atoms with E-state index >= 15 is 0 Å². The van der Waals surface area contributed by atoms with Crippen molar-refractivity contribution in [2.75, 3.05) is 13.7 Å². The van der Waals surface area contributed by atoms with E-state index < -0.39 is 11.6 Å². The second-order valence-corrected chi connectivity index (χ2v) is 4.56. The van der Waals surface area contributed by atoms with Gasteiger partial charge in [-0.05, 0) is 48.4 Å². The highest BCUT2D eigenvalue weighted by molar-refractivity contribution is 5.28. The molecule has 20 heavy (non-hydrogen) atoms. The van der Waals surface area contributed by atoms with Crippen LogP contribution in [0.15, 0.2) is 42.5 Å². The number of rotatable bonds is 6. The summed E-state index contributed by atoms with van der Waals surface area (Å²) in [4.78, 5) is 0. The molecule has 0 amide bonds. The number of methoxy groups -OCH3 is 1. The van der Waals surface area contributed by atoms with Gasteiger partial charge in [0, 0.05) is 12.6 Å². The van der Waals surface area contributed by atoms with E-state index in [4.69, 9.17) is 4.74 Å². The summed E-state index contributed by atoms with van der Waals surface area (Å²) >= 11 is 0. The van der Waals surface area contributed by atoms with Gasteiger partial charge in [-0.1, -0.05) is 12.1 Å². The van der Waals surface area contributed by atoms with E-state index in [1.807, 2.05) is 24.3 Å². The van der Waals surface area contributed by atoms with Crippen LogP contribution in [0.4, 0.5) is 8.78 Å². The van der Waals surface area contributed by atoms with Crippen LogP contribution in [0, 0.1) is 11.6 Å². The lowest BCUT2D eigenvalue weighted by atomic mass is 10.1. The van der Waals surface area contributed by atoms with Crippen molar-refractivity contribution in [2.24, 2.45) is 0 Å². The molecule has 0 saturated heterocycles. The summed E-state index contributed by atoms with van der Waals surface area (Å²) in [6, 6.07) is 11.4. The van der Waals surface area contributed by atoms with Gasteiger partial charge in [0.15, 0.2) is 0 Å². The summed E-state index contributed by atoms with van der Waals surface area (Å²) in [5.74, 6) is -0.253. The maximum Gasteiger partial charge on any atom is 0.126 e. The summed E-state index contributed by atoms with van der Waals surface area (Å²) in [6.45, 7) is 1.34. The minimum Gasteiger partial charge on any atom is -0.497 e. The van der Waals surface area contributed by atoms with E-state index in [0.717, 1.165) is 17.4 Å². The largest absolute Gasteiger partial charge is 0.497 e. The molecule has 0 spiro atoms. The normalized spacial score (nSPS) is 10.6. The van der Waals surface area contributed by atoms with Gasteiger partial charge in [-0.2, -0.15) is 0 Å². The van der Waals surface area contributed by atoms with Crippen LogP contribution in [-0.2, 0) is 13.0 Å². The van der Waals surface area contributed by atoms with Crippen molar-refractivity contribution in [3.8, 4) is 5.75 Å². The fourth-order valence-corrected chi connectivity index (χ4v) is 2.00. The minimum atomic E-state index is -0.534. The van der Waals surface area contributed by atoms with Crippen molar-refractivity contribution in [1.82, 2.24) is 5.32 Å². The minimum absolute atomic E-state index is 0.534. The lowest BCUT2D eigenvalue weighted by Crippen LogP contribution is -2.16. The Morgan fingerprint density at radius 3 is 2.45 bits per heavy atom. The number of benzene rings is 2. The summed E-state index contributed by atoms with van der Waals surface area (Å²) in [6.07, 6.45) is 0.582. The Balaban J connectivity index is 1.81. The van der Waals surface area contributed by atoms with Gasteiger partial charge in [0.1, 0.15) is 17.4 Å². The van der Waals surface area contributed by atoms with Gasteiger partial charge in [0.05, 0.1) is 7.11 Å². The lowest BCUT2D eigenvalue weighted by molar-refractivity contribution is 0.414.